The first-order chi connectivity index (χ1) is 6.43. The molecule has 0 atom stereocenters. The van der Waals surface area contributed by atoms with E-state index in [9.17, 15) is 0 Å². The maximum Gasteiger partial charge on any atom is 0.0462 e. The minimum Gasteiger partial charge on any atom is -0.385 e. The Bertz CT molecular complexity index is 211. The van der Waals surface area contributed by atoms with Crippen molar-refractivity contribution in [1.82, 2.24) is 0 Å². The van der Waals surface area contributed by atoms with Crippen molar-refractivity contribution in [2.24, 2.45) is 0 Å². The van der Waals surface area contributed by atoms with Crippen LogP contribution in [0.25, 0.3) is 0 Å². The van der Waals surface area contributed by atoms with Gasteiger partial charge in [0.05, 0.1) is 0 Å². The van der Waals surface area contributed by atoms with Gasteiger partial charge in [-0.15, -0.1) is 0 Å². The predicted octanol–water partition coefficient (Wildman–Crippen LogP) is 2.33. The predicted molar refractivity (Wildman–Crippen MR) is 54.9 cm³/mol. The molecule has 1 rings (SSSR count). The van der Waals surface area contributed by atoms with Crippen LogP contribution in [0.4, 0.5) is 5.69 Å². The standard InChI is InChI=1S/C11H16NO/c1-13-10-6-5-9-12-11-7-3-2-4-8-11/h2-4,7,12H,5-6,9-10H2,1H3. The van der Waals surface area contributed by atoms with E-state index in [1.165, 1.54) is 0 Å². The maximum atomic E-state index is 4.96. The van der Waals surface area contributed by atoms with Crippen LogP contribution < -0.4 is 5.32 Å². The molecule has 2 heteroatoms. The summed E-state index contributed by atoms with van der Waals surface area (Å²) in [6.07, 6.45) is 2.24. The van der Waals surface area contributed by atoms with Crippen molar-refractivity contribution in [1.29, 1.82) is 0 Å². The minimum atomic E-state index is 0.847. The van der Waals surface area contributed by atoms with Gasteiger partial charge >= 0.3 is 0 Å². The number of hydrogen-bond donors (Lipinski definition) is 1. The van der Waals surface area contributed by atoms with Crippen molar-refractivity contribution in [2.75, 3.05) is 25.6 Å². The zero-order chi connectivity index (χ0) is 9.36. The lowest BCUT2D eigenvalue weighted by atomic mass is 10.3. The highest BCUT2D eigenvalue weighted by Gasteiger charge is 1.89. The number of methoxy groups -OCH3 is 1. The Morgan fingerprint density at radius 2 is 2.31 bits per heavy atom. The molecular formula is C11H16NO. The molecule has 0 unspecified atom stereocenters. The van der Waals surface area contributed by atoms with E-state index in [0.29, 0.717) is 0 Å². The summed E-state index contributed by atoms with van der Waals surface area (Å²) >= 11 is 0. The van der Waals surface area contributed by atoms with E-state index in [1.807, 2.05) is 24.3 Å². The molecule has 0 aliphatic carbocycles. The monoisotopic (exact) mass is 178 g/mol. The number of para-hydroxylation sites is 1. The quantitative estimate of drug-likeness (QED) is 0.675. The Balaban J connectivity index is 2.07. The van der Waals surface area contributed by atoms with Crippen molar-refractivity contribution in [3.8, 4) is 0 Å². The second-order valence-electron chi connectivity index (χ2n) is 2.90. The molecule has 71 valence electrons. The average molecular weight is 178 g/mol. The fraction of sp³-hybridized carbons (Fsp3) is 0.455. The molecular weight excluding hydrogens is 162 g/mol. The van der Waals surface area contributed by atoms with Gasteiger partial charge in [0, 0.05) is 32.0 Å². The van der Waals surface area contributed by atoms with Crippen molar-refractivity contribution < 1.29 is 4.74 Å². The topological polar surface area (TPSA) is 21.3 Å². The molecule has 0 amide bonds. The number of anilines is 1. The minimum absolute atomic E-state index is 0.847. The number of hydrogen-bond acceptors (Lipinski definition) is 2. The summed E-state index contributed by atoms with van der Waals surface area (Å²) in [6, 6.07) is 11.0. The Kier molecular flexibility index (Phi) is 5.02. The summed E-state index contributed by atoms with van der Waals surface area (Å²) in [6.45, 7) is 1.84. The molecule has 13 heavy (non-hydrogen) atoms. The first-order valence-electron chi connectivity index (χ1n) is 4.63. The van der Waals surface area contributed by atoms with Crippen molar-refractivity contribution in [2.45, 2.75) is 12.8 Å². The van der Waals surface area contributed by atoms with Gasteiger partial charge in [-0.2, -0.15) is 0 Å². The van der Waals surface area contributed by atoms with Crippen LogP contribution in [-0.4, -0.2) is 20.3 Å². The molecule has 0 aliphatic rings. The molecule has 0 heterocycles. The van der Waals surface area contributed by atoms with Crippen molar-refractivity contribution in [3.63, 3.8) is 0 Å². The number of unbranched alkanes of at least 4 members (excludes halogenated alkanes) is 1. The second-order valence-corrected chi connectivity index (χ2v) is 2.90. The van der Waals surface area contributed by atoms with E-state index >= 15 is 0 Å². The number of rotatable bonds is 6. The highest BCUT2D eigenvalue weighted by atomic mass is 16.5. The lowest BCUT2D eigenvalue weighted by molar-refractivity contribution is 0.194. The molecule has 1 N–H and O–H groups in total. The van der Waals surface area contributed by atoms with Crippen LogP contribution in [0.15, 0.2) is 24.3 Å². The highest BCUT2D eigenvalue weighted by Crippen LogP contribution is 2.03. The highest BCUT2D eigenvalue weighted by molar-refractivity contribution is 5.40. The van der Waals surface area contributed by atoms with Crippen molar-refractivity contribution >= 4 is 5.69 Å². The Labute approximate surface area is 79.9 Å². The van der Waals surface area contributed by atoms with Crippen LogP contribution in [0.3, 0.4) is 0 Å². The molecule has 0 spiro atoms. The van der Waals surface area contributed by atoms with Gasteiger partial charge in [-0.3, -0.25) is 0 Å². The average Bonchev–Trinajstić information content (AvgIpc) is 2.19. The van der Waals surface area contributed by atoms with Gasteiger partial charge in [0.25, 0.3) is 0 Å². The summed E-state index contributed by atoms with van der Waals surface area (Å²) < 4.78 is 4.96. The van der Waals surface area contributed by atoms with Crippen LogP contribution in [0.1, 0.15) is 12.8 Å². The van der Waals surface area contributed by atoms with E-state index in [4.69, 9.17) is 4.74 Å². The number of benzene rings is 1. The van der Waals surface area contributed by atoms with Crippen LogP contribution in [-0.2, 0) is 4.74 Å². The van der Waals surface area contributed by atoms with Gasteiger partial charge in [-0.05, 0) is 18.9 Å². The van der Waals surface area contributed by atoms with Gasteiger partial charge in [0.2, 0.25) is 0 Å². The number of nitrogens with one attached hydrogen (secondary N) is 1. The summed E-state index contributed by atoms with van der Waals surface area (Å²) in [5, 5.41) is 3.29. The number of ether oxygens (including phenoxy) is 1. The SMILES string of the molecule is COCCCCNc1[c]cccc1. The lowest BCUT2D eigenvalue weighted by Crippen LogP contribution is -2.02. The molecule has 1 aromatic carbocycles. The molecule has 0 aromatic heterocycles. The zero-order valence-electron chi connectivity index (χ0n) is 8.05. The van der Waals surface area contributed by atoms with Crippen LogP contribution >= 0.6 is 0 Å². The largest absolute Gasteiger partial charge is 0.385 e. The van der Waals surface area contributed by atoms with Gasteiger partial charge in [-0.25, -0.2) is 0 Å². The second kappa shape index (κ2) is 6.49. The molecule has 0 saturated heterocycles. The first-order valence-corrected chi connectivity index (χ1v) is 4.63. The summed E-state index contributed by atoms with van der Waals surface area (Å²) in [5.41, 5.74) is 1.07. The summed E-state index contributed by atoms with van der Waals surface area (Å²) in [5.74, 6) is 0. The summed E-state index contributed by atoms with van der Waals surface area (Å²) in [4.78, 5) is 0. The Morgan fingerprint density at radius 1 is 1.38 bits per heavy atom. The van der Waals surface area contributed by atoms with E-state index in [1.54, 1.807) is 7.11 Å². The Hall–Kier alpha value is -1.02. The van der Waals surface area contributed by atoms with E-state index in [-0.39, 0.29) is 0 Å². The van der Waals surface area contributed by atoms with Crippen LogP contribution in [0.5, 0.6) is 0 Å². The van der Waals surface area contributed by atoms with Gasteiger partial charge < -0.3 is 10.1 Å². The third kappa shape index (κ3) is 4.53. The van der Waals surface area contributed by atoms with Crippen molar-refractivity contribution in [3.05, 3.63) is 30.3 Å². The molecule has 1 aromatic rings. The third-order valence-corrected chi connectivity index (χ3v) is 1.80. The molecule has 0 aliphatic heterocycles. The van der Waals surface area contributed by atoms with Crippen LogP contribution in [0.2, 0.25) is 0 Å². The third-order valence-electron chi connectivity index (χ3n) is 1.80. The molecule has 2 nitrogen and oxygen atoms in total. The van der Waals surface area contributed by atoms with Gasteiger partial charge in [0.15, 0.2) is 0 Å². The zero-order valence-corrected chi connectivity index (χ0v) is 8.05. The van der Waals surface area contributed by atoms with Crippen LogP contribution in [0, 0.1) is 6.07 Å². The fourth-order valence-corrected chi connectivity index (χ4v) is 1.10. The maximum absolute atomic E-state index is 4.96. The van der Waals surface area contributed by atoms with E-state index in [2.05, 4.69) is 11.4 Å². The Morgan fingerprint density at radius 3 is 3.00 bits per heavy atom. The summed E-state index contributed by atoms with van der Waals surface area (Å²) in [7, 11) is 1.73. The lowest BCUT2D eigenvalue weighted by Gasteiger charge is -2.04. The van der Waals surface area contributed by atoms with E-state index in [0.717, 1.165) is 31.7 Å². The normalized spacial score (nSPS) is 9.92. The molecule has 0 saturated carbocycles. The molecule has 1 radical (unpaired) electrons. The molecule has 0 bridgehead atoms. The van der Waals surface area contributed by atoms with E-state index < -0.39 is 0 Å². The first kappa shape index (κ1) is 10.1. The van der Waals surface area contributed by atoms with Gasteiger partial charge in [-0.1, -0.05) is 18.2 Å². The van der Waals surface area contributed by atoms with Gasteiger partial charge in [0.1, 0.15) is 0 Å². The molecule has 0 fully saturated rings. The fourth-order valence-electron chi connectivity index (χ4n) is 1.10. The smallest absolute Gasteiger partial charge is 0.0462 e.